The minimum Gasteiger partial charge on any atom is -0.497 e. The van der Waals surface area contributed by atoms with Crippen molar-refractivity contribution in [2.45, 2.75) is 6.42 Å². The Labute approximate surface area is 140 Å². The smallest absolute Gasteiger partial charge is 0.244 e. The van der Waals surface area contributed by atoms with Crippen molar-refractivity contribution in [2.24, 2.45) is 0 Å². The van der Waals surface area contributed by atoms with Gasteiger partial charge in [0.15, 0.2) is 0 Å². The van der Waals surface area contributed by atoms with Crippen molar-refractivity contribution in [1.29, 1.82) is 0 Å². The van der Waals surface area contributed by atoms with Gasteiger partial charge < -0.3 is 15.0 Å². The van der Waals surface area contributed by atoms with Crippen molar-refractivity contribution in [3.05, 3.63) is 66.1 Å². The largest absolute Gasteiger partial charge is 0.497 e. The molecule has 0 radical (unpaired) electrons. The Morgan fingerprint density at radius 2 is 2.25 bits per heavy atom. The highest BCUT2D eigenvalue weighted by Gasteiger charge is 2.05. The van der Waals surface area contributed by atoms with Gasteiger partial charge >= 0.3 is 0 Å². The van der Waals surface area contributed by atoms with E-state index in [2.05, 4.69) is 15.3 Å². The van der Waals surface area contributed by atoms with E-state index in [9.17, 15) is 4.79 Å². The van der Waals surface area contributed by atoms with Gasteiger partial charge in [-0.3, -0.25) is 9.78 Å². The number of nitrogens with zero attached hydrogens (tertiary/aromatic N) is 1. The number of carbonyl (C=O) groups excluding carboxylic acids is 1. The van der Waals surface area contributed by atoms with Gasteiger partial charge in [-0.1, -0.05) is 6.07 Å². The number of hydrogen-bond acceptors (Lipinski definition) is 3. The third kappa shape index (κ3) is 3.81. The van der Waals surface area contributed by atoms with Crippen molar-refractivity contribution in [3.8, 4) is 5.75 Å². The summed E-state index contributed by atoms with van der Waals surface area (Å²) in [5, 5.41) is 4.00. The van der Waals surface area contributed by atoms with E-state index in [0.717, 1.165) is 34.3 Å². The molecule has 3 rings (SSSR count). The van der Waals surface area contributed by atoms with Gasteiger partial charge in [-0.25, -0.2) is 0 Å². The van der Waals surface area contributed by atoms with E-state index in [0.29, 0.717) is 6.54 Å². The van der Waals surface area contributed by atoms with Crippen molar-refractivity contribution in [3.63, 3.8) is 0 Å². The van der Waals surface area contributed by atoms with Crippen LogP contribution in [0.25, 0.3) is 17.0 Å². The summed E-state index contributed by atoms with van der Waals surface area (Å²) in [6.07, 6.45) is 7.62. The fourth-order valence-electron chi connectivity index (χ4n) is 2.51. The highest BCUT2D eigenvalue weighted by molar-refractivity contribution is 5.91. The lowest BCUT2D eigenvalue weighted by atomic mass is 10.1. The molecule has 0 atom stereocenters. The Morgan fingerprint density at radius 1 is 1.33 bits per heavy atom. The highest BCUT2D eigenvalue weighted by Crippen LogP contribution is 2.23. The van der Waals surface area contributed by atoms with E-state index in [4.69, 9.17) is 4.74 Å². The SMILES string of the molecule is COc1ccc2[nH]cc(CCNC(=O)/C=C/c3ccccn3)c2c1. The minimum absolute atomic E-state index is 0.127. The molecule has 3 aromatic rings. The van der Waals surface area contributed by atoms with Gasteiger partial charge in [0.05, 0.1) is 12.8 Å². The maximum Gasteiger partial charge on any atom is 0.244 e. The van der Waals surface area contributed by atoms with Gasteiger partial charge in [0, 0.05) is 35.9 Å². The van der Waals surface area contributed by atoms with E-state index >= 15 is 0 Å². The van der Waals surface area contributed by atoms with Gasteiger partial charge in [-0.05, 0) is 48.4 Å². The molecule has 2 aromatic heterocycles. The van der Waals surface area contributed by atoms with Crippen LogP contribution < -0.4 is 10.1 Å². The lowest BCUT2D eigenvalue weighted by Gasteiger charge is -2.03. The third-order valence-corrected chi connectivity index (χ3v) is 3.76. The number of aromatic nitrogens is 2. The van der Waals surface area contributed by atoms with Gasteiger partial charge in [0.25, 0.3) is 0 Å². The number of methoxy groups -OCH3 is 1. The monoisotopic (exact) mass is 321 g/mol. The van der Waals surface area contributed by atoms with Crippen LogP contribution >= 0.6 is 0 Å². The van der Waals surface area contributed by atoms with Crippen LogP contribution in [0.2, 0.25) is 0 Å². The van der Waals surface area contributed by atoms with Gasteiger partial charge in [0.1, 0.15) is 5.75 Å². The maximum absolute atomic E-state index is 11.9. The number of carbonyl (C=O) groups is 1. The van der Waals surface area contributed by atoms with Gasteiger partial charge in [-0.2, -0.15) is 0 Å². The van der Waals surface area contributed by atoms with Crippen LogP contribution in [0.15, 0.2) is 54.9 Å². The molecule has 0 aliphatic carbocycles. The molecule has 0 saturated heterocycles. The van der Waals surface area contributed by atoms with E-state index in [1.165, 1.54) is 6.08 Å². The number of benzene rings is 1. The molecule has 0 aliphatic rings. The van der Waals surface area contributed by atoms with Crippen LogP contribution in [0.5, 0.6) is 5.75 Å². The summed E-state index contributed by atoms with van der Waals surface area (Å²) in [5.74, 6) is 0.698. The molecule has 0 unspecified atom stereocenters. The first-order valence-corrected chi connectivity index (χ1v) is 7.77. The summed E-state index contributed by atoms with van der Waals surface area (Å²) in [4.78, 5) is 19.2. The first kappa shape index (κ1) is 15.8. The molecule has 5 nitrogen and oxygen atoms in total. The topological polar surface area (TPSA) is 67.0 Å². The highest BCUT2D eigenvalue weighted by atomic mass is 16.5. The van der Waals surface area contributed by atoms with Crippen molar-refractivity contribution in [2.75, 3.05) is 13.7 Å². The molecule has 0 bridgehead atoms. The average molecular weight is 321 g/mol. The normalized spacial score (nSPS) is 11.0. The zero-order chi connectivity index (χ0) is 16.8. The number of nitrogens with one attached hydrogen (secondary N) is 2. The summed E-state index contributed by atoms with van der Waals surface area (Å²) < 4.78 is 5.26. The summed E-state index contributed by atoms with van der Waals surface area (Å²) in [6, 6.07) is 11.5. The zero-order valence-electron chi connectivity index (χ0n) is 13.5. The number of H-pyrrole nitrogens is 1. The molecule has 0 fully saturated rings. The second-order valence-electron chi connectivity index (χ2n) is 5.35. The van der Waals surface area contributed by atoms with Crippen molar-refractivity contribution in [1.82, 2.24) is 15.3 Å². The number of hydrogen-bond donors (Lipinski definition) is 2. The molecule has 0 saturated carbocycles. The molecule has 1 amide bonds. The van der Waals surface area contributed by atoms with Crippen LogP contribution in [-0.4, -0.2) is 29.5 Å². The zero-order valence-corrected chi connectivity index (χ0v) is 13.5. The first-order valence-electron chi connectivity index (χ1n) is 7.77. The van der Waals surface area contributed by atoms with E-state index in [1.807, 2.05) is 42.6 Å². The number of amides is 1. The summed E-state index contributed by atoms with van der Waals surface area (Å²) in [6.45, 7) is 0.565. The quantitative estimate of drug-likeness (QED) is 0.686. The fourth-order valence-corrected chi connectivity index (χ4v) is 2.51. The summed E-state index contributed by atoms with van der Waals surface area (Å²) in [7, 11) is 1.65. The molecule has 5 heteroatoms. The number of rotatable bonds is 6. The van der Waals surface area contributed by atoms with Crippen LogP contribution in [-0.2, 0) is 11.2 Å². The third-order valence-electron chi connectivity index (χ3n) is 3.76. The minimum atomic E-state index is -0.127. The van der Waals surface area contributed by atoms with Crippen LogP contribution in [0.4, 0.5) is 0 Å². The molecule has 2 N–H and O–H groups in total. The second-order valence-corrected chi connectivity index (χ2v) is 5.35. The van der Waals surface area contributed by atoms with Crippen LogP contribution in [0.1, 0.15) is 11.3 Å². The van der Waals surface area contributed by atoms with Crippen molar-refractivity contribution >= 4 is 22.9 Å². The molecule has 122 valence electrons. The maximum atomic E-state index is 11.9. The predicted molar refractivity (Wildman–Crippen MR) is 94.8 cm³/mol. The predicted octanol–water partition coefficient (Wildman–Crippen LogP) is 2.94. The Kier molecular flexibility index (Phi) is 4.91. The number of pyridine rings is 1. The molecule has 2 heterocycles. The fraction of sp³-hybridized carbons (Fsp3) is 0.158. The summed E-state index contributed by atoms with van der Waals surface area (Å²) in [5.41, 5.74) is 2.97. The van der Waals surface area contributed by atoms with E-state index in [1.54, 1.807) is 19.4 Å². The molecule has 0 spiro atoms. The van der Waals surface area contributed by atoms with Crippen LogP contribution in [0.3, 0.4) is 0 Å². The lowest BCUT2D eigenvalue weighted by molar-refractivity contribution is -0.116. The Bertz CT molecular complexity index is 853. The van der Waals surface area contributed by atoms with Crippen LogP contribution in [0, 0.1) is 0 Å². The molecule has 0 aliphatic heterocycles. The first-order chi connectivity index (χ1) is 11.8. The number of aromatic amines is 1. The Hall–Kier alpha value is -3.08. The molecular formula is C19H19N3O2. The number of fused-ring (bicyclic) bond motifs is 1. The van der Waals surface area contributed by atoms with Gasteiger partial charge in [0.2, 0.25) is 5.91 Å². The summed E-state index contributed by atoms with van der Waals surface area (Å²) >= 11 is 0. The molecule has 24 heavy (non-hydrogen) atoms. The number of ether oxygens (including phenoxy) is 1. The van der Waals surface area contributed by atoms with Gasteiger partial charge in [-0.15, -0.1) is 0 Å². The molecular weight excluding hydrogens is 302 g/mol. The Balaban J connectivity index is 1.56. The van der Waals surface area contributed by atoms with E-state index in [-0.39, 0.29) is 5.91 Å². The second kappa shape index (κ2) is 7.46. The average Bonchev–Trinajstić information content (AvgIpc) is 3.03. The standard InChI is InChI=1S/C19H19N3O2/c1-24-16-6-7-18-17(12-16)14(13-22-18)9-11-21-19(23)8-5-15-4-2-3-10-20-15/h2-8,10,12-13,22H,9,11H2,1H3,(H,21,23)/b8-5+. The van der Waals surface area contributed by atoms with E-state index < -0.39 is 0 Å². The lowest BCUT2D eigenvalue weighted by Crippen LogP contribution is -2.23. The van der Waals surface area contributed by atoms with Crippen molar-refractivity contribution < 1.29 is 9.53 Å². The Morgan fingerprint density at radius 3 is 3.04 bits per heavy atom. The molecule has 1 aromatic carbocycles.